The molecule has 4 rings (SSSR count). The molecule has 0 saturated carbocycles. The van der Waals surface area contributed by atoms with Crippen LogP contribution in [0.5, 0.6) is 46.0 Å². The fraction of sp³-hybridized carbons (Fsp3) is 0.278. The third kappa shape index (κ3) is 10.4. The molecule has 0 spiro atoms. The van der Waals surface area contributed by atoms with Crippen LogP contribution in [0.1, 0.15) is 44.7 Å². The summed E-state index contributed by atoms with van der Waals surface area (Å²) in [7, 11) is 4.07. The first kappa shape index (κ1) is 40.2. The van der Waals surface area contributed by atoms with E-state index in [0.29, 0.717) is 58.5 Å². The van der Waals surface area contributed by atoms with Gasteiger partial charge < -0.3 is 42.4 Å². The number of aryl methyl sites for hydroxylation is 2. The number of hydrogen-bond acceptors (Lipinski definition) is 12. The van der Waals surface area contributed by atoms with Crippen LogP contribution in [0.3, 0.4) is 0 Å². The predicted octanol–water partition coefficient (Wildman–Crippen LogP) is 3.30. The van der Waals surface area contributed by atoms with Gasteiger partial charge >= 0.3 is 37.4 Å². The molecule has 260 valence electrons. The minimum atomic E-state index is -4.79. The molecule has 0 atom stereocenters. The van der Waals surface area contributed by atoms with Crippen LogP contribution in [0.15, 0.2) is 72.8 Å². The number of phosphoric ester groups is 1. The SMILES string of the molecule is COc1cc(OC)c(C(=O)CCc2ccc(OP(=O)([O-])Oc3ccc(CCC(=O)c4c(OC)cc(OC)cc4OC)cc3)cc2)c(OC)c1.[Na+]. The molecule has 14 heteroatoms. The number of ether oxygens (including phenoxy) is 6. The molecule has 50 heavy (non-hydrogen) atoms. The van der Waals surface area contributed by atoms with Gasteiger partial charge in [0.05, 0.1) is 42.7 Å². The molecule has 12 nitrogen and oxygen atoms in total. The van der Waals surface area contributed by atoms with Crippen molar-refractivity contribution in [1.29, 1.82) is 0 Å². The predicted molar refractivity (Wildman–Crippen MR) is 179 cm³/mol. The molecular formula is C36H38NaO12P. The summed E-state index contributed by atoms with van der Waals surface area (Å²) in [6.45, 7) is 0. The summed E-state index contributed by atoms with van der Waals surface area (Å²) in [5.41, 5.74) is 2.19. The number of ketones is 2. The maximum atomic E-state index is 13.1. The van der Waals surface area contributed by atoms with Crippen molar-refractivity contribution < 1.29 is 86.1 Å². The second kappa shape index (κ2) is 18.7. The molecule has 0 N–H and O–H groups in total. The zero-order chi connectivity index (χ0) is 35.6. The molecule has 0 aromatic heterocycles. The second-order valence-electron chi connectivity index (χ2n) is 10.6. The van der Waals surface area contributed by atoms with Crippen LogP contribution in [-0.4, -0.2) is 54.2 Å². The smallest absolute Gasteiger partial charge is 0.736 e. The summed E-state index contributed by atoms with van der Waals surface area (Å²) in [6.07, 6.45) is 1.05. The van der Waals surface area contributed by atoms with Gasteiger partial charge in [-0.15, -0.1) is 0 Å². The van der Waals surface area contributed by atoms with Gasteiger partial charge in [-0.25, -0.2) is 4.57 Å². The number of carbonyl (C=O) groups excluding carboxylic acids is 2. The Balaban J connectivity index is 0.00000676. The van der Waals surface area contributed by atoms with Crippen molar-refractivity contribution in [1.82, 2.24) is 0 Å². The Morgan fingerprint density at radius 2 is 0.820 bits per heavy atom. The summed E-state index contributed by atoms with van der Waals surface area (Å²) in [4.78, 5) is 38.8. The third-order valence-electron chi connectivity index (χ3n) is 7.55. The Kier molecular flexibility index (Phi) is 15.1. The van der Waals surface area contributed by atoms with Gasteiger partial charge in [-0.2, -0.15) is 0 Å². The zero-order valence-corrected chi connectivity index (χ0v) is 32.0. The van der Waals surface area contributed by atoms with Crippen molar-refractivity contribution >= 4 is 19.4 Å². The van der Waals surface area contributed by atoms with E-state index in [2.05, 4.69) is 0 Å². The Morgan fingerprint density at radius 1 is 0.520 bits per heavy atom. The van der Waals surface area contributed by atoms with E-state index in [1.807, 2.05) is 0 Å². The third-order valence-corrected chi connectivity index (χ3v) is 8.42. The summed E-state index contributed by atoms with van der Waals surface area (Å²) in [5.74, 6) is 2.07. The molecule has 0 bridgehead atoms. The van der Waals surface area contributed by atoms with Gasteiger partial charge in [0, 0.05) is 37.1 Å². The van der Waals surface area contributed by atoms with Crippen LogP contribution in [0.4, 0.5) is 0 Å². The van der Waals surface area contributed by atoms with Crippen molar-refractivity contribution in [3.63, 3.8) is 0 Å². The fourth-order valence-electron chi connectivity index (χ4n) is 5.04. The van der Waals surface area contributed by atoms with Gasteiger partial charge in [0.2, 0.25) is 0 Å². The van der Waals surface area contributed by atoms with Gasteiger partial charge in [0.25, 0.3) is 0 Å². The van der Waals surface area contributed by atoms with E-state index < -0.39 is 7.82 Å². The normalized spacial score (nSPS) is 10.7. The molecule has 0 saturated heterocycles. The molecule has 0 aliphatic carbocycles. The van der Waals surface area contributed by atoms with E-state index in [9.17, 15) is 19.0 Å². The standard InChI is InChI=1S/C36H39O12P.Na/c1-41-27-19-31(43-3)35(32(20-27)44-4)29(37)17-11-23-7-13-25(14-8-23)47-49(39,40)48-26-15-9-24(10-16-26)12-18-30(38)36-33(45-5)21-28(42-2)22-34(36)46-6;/h7-10,13-16,19-22H,11-12,17-18H2,1-6H3,(H,39,40);/q;+1/p-1. The van der Waals surface area contributed by atoms with Gasteiger partial charge in [0.1, 0.15) is 57.1 Å². The van der Waals surface area contributed by atoms with E-state index in [0.717, 1.165) is 11.1 Å². The minimum Gasteiger partial charge on any atom is -0.736 e. The quantitative estimate of drug-likeness (QED) is 0.0846. The van der Waals surface area contributed by atoms with Gasteiger partial charge in [0.15, 0.2) is 11.6 Å². The number of rotatable bonds is 18. The topological polar surface area (TPSA) is 148 Å². The van der Waals surface area contributed by atoms with Crippen molar-refractivity contribution in [3.05, 3.63) is 95.1 Å². The van der Waals surface area contributed by atoms with Crippen molar-refractivity contribution in [2.24, 2.45) is 0 Å². The van der Waals surface area contributed by atoms with Crippen LogP contribution in [0, 0.1) is 0 Å². The Labute approximate surface area is 313 Å². The van der Waals surface area contributed by atoms with Crippen molar-refractivity contribution in [2.45, 2.75) is 25.7 Å². The number of benzene rings is 4. The van der Waals surface area contributed by atoms with Crippen LogP contribution in [-0.2, 0) is 17.4 Å². The van der Waals surface area contributed by atoms with Crippen molar-refractivity contribution in [2.75, 3.05) is 42.7 Å². The molecule has 0 unspecified atom stereocenters. The maximum Gasteiger partial charge on any atom is 1.00 e. The van der Waals surface area contributed by atoms with Gasteiger partial charge in [-0.05, 0) is 48.2 Å². The molecule has 4 aromatic carbocycles. The van der Waals surface area contributed by atoms with E-state index >= 15 is 0 Å². The van der Waals surface area contributed by atoms with Crippen LogP contribution < -0.4 is 71.9 Å². The van der Waals surface area contributed by atoms with E-state index in [-0.39, 0.29) is 65.5 Å². The Hall–Kier alpha value is -4.19. The summed E-state index contributed by atoms with van der Waals surface area (Å²) >= 11 is 0. The first-order valence-electron chi connectivity index (χ1n) is 15.1. The van der Waals surface area contributed by atoms with Gasteiger partial charge in [-0.1, -0.05) is 24.3 Å². The number of methoxy groups -OCH3 is 6. The van der Waals surface area contributed by atoms with Crippen molar-refractivity contribution in [3.8, 4) is 46.0 Å². The number of phosphoric acid groups is 1. The molecular weight excluding hydrogens is 678 g/mol. The van der Waals surface area contributed by atoms with E-state index in [1.165, 1.54) is 66.9 Å². The average molecular weight is 717 g/mol. The van der Waals surface area contributed by atoms with Crippen LogP contribution >= 0.6 is 7.82 Å². The first-order valence-corrected chi connectivity index (χ1v) is 16.5. The maximum absolute atomic E-state index is 13.1. The zero-order valence-electron chi connectivity index (χ0n) is 29.1. The summed E-state index contributed by atoms with van der Waals surface area (Å²) < 4.78 is 54.9. The minimum absolute atomic E-state index is 0. The van der Waals surface area contributed by atoms with Crippen LogP contribution in [0.25, 0.3) is 0 Å². The number of hydrogen-bond donors (Lipinski definition) is 0. The molecule has 0 heterocycles. The first-order chi connectivity index (χ1) is 23.5. The van der Waals surface area contributed by atoms with Gasteiger partial charge in [-0.3, -0.25) is 9.59 Å². The van der Waals surface area contributed by atoms with E-state index in [4.69, 9.17) is 37.5 Å². The largest absolute Gasteiger partial charge is 1.00 e. The Bertz CT molecular complexity index is 1630. The Morgan fingerprint density at radius 3 is 1.08 bits per heavy atom. The molecule has 0 radical (unpaired) electrons. The number of carbonyl (C=O) groups is 2. The second-order valence-corrected chi connectivity index (χ2v) is 11.8. The molecule has 0 fully saturated rings. The average Bonchev–Trinajstić information content (AvgIpc) is 3.12. The molecule has 0 aliphatic heterocycles. The summed E-state index contributed by atoms with van der Waals surface area (Å²) in [6, 6.07) is 19.0. The molecule has 0 aliphatic rings. The molecule has 0 amide bonds. The van der Waals surface area contributed by atoms with E-state index in [1.54, 1.807) is 48.5 Å². The summed E-state index contributed by atoms with van der Waals surface area (Å²) in [5, 5.41) is 0. The fourth-order valence-corrected chi connectivity index (χ4v) is 5.83. The number of Topliss-reactive ketones (excluding diaryl/α,β-unsaturated/α-hetero) is 2. The molecule has 4 aromatic rings. The van der Waals surface area contributed by atoms with Crippen LogP contribution in [0.2, 0.25) is 0 Å². The monoisotopic (exact) mass is 716 g/mol.